The van der Waals surface area contributed by atoms with Crippen LogP contribution in [0.4, 0.5) is 0 Å². The van der Waals surface area contributed by atoms with Crippen LogP contribution in [0.5, 0.6) is 0 Å². The van der Waals surface area contributed by atoms with Crippen molar-refractivity contribution in [3.05, 3.63) is 0 Å². The van der Waals surface area contributed by atoms with E-state index in [0.717, 1.165) is 12.1 Å². The summed E-state index contributed by atoms with van der Waals surface area (Å²) < 4.78 is 2.81. The molecule has 4 fully saturated rings. The van der Waals surface area contributed by atoms with Crippen molar-refractivity contribution in [2.24, 2.45) is 10.8 Å². The zero-order chi connectivity index (χ0) is 17.1. The van der Waals surface area contributed by atoms with Crippen LogP contribution in [0.1, 0.15) is 78.1 Å². The maximum Gasteiger partial charge on any atom is 0.0899 e. The summed E-state index contributed by atoms with van der Waals surface area (Å²) in [4.78, 5) is 0. The summed E-state index contributed by atoms with van der Waals surface area (Å²) in [6, 6.07) is 1.90. The van der Waals surface area contributed by atoms with E-state index in [2.05, 4.69) is 27.9 Å². The zero-order valence-corrected chi connectivity index (χ0v) is 16.9. The quantitative estimate of drug-likeness (QED) is 0.648. The van der Waals surface area contributed by atoms with Crippen LogP contribution in [-0.4, -0.2) is 61.3 Å². The summed E-state index contributed by atoms with van der Waals surface area (Å²) in [6.45, 7) is 11.2. The van der Waals surface area contributed by atoms with E-state index < -0.39 is 0 Å². The highest BCUT2D eigenvalue weighted by atomic mass is 15.4. The molecule has 0 aromatic carbocycles. The smallest absolute Gasteiger partial charge is 0.0899 e. The van der Waals surface area contributed by atoms with Crippen LogP contribution in [-0.2, 0) is 0 Å². The van der Waals surface area contributed by atoms with E-state index in [1.807, 2.05) is 0 Å². The molecular formula is C22H42N2+2. The molecule has 0 radical (unpaired) electrons. The molecule has 0 atom stereocenters. The molecule has 138 valence electrons. The average molecular weight is 335 g/mol. The molecule has 2 aliphatic carbocycles. The third-order valence-electron chi connectivity index (χ3n) is 9.64. The Morgan fingerprint density at radius 1 is 0.542 bits per heavy atom. The van der Waals surface area contributed by atoms with Crippen LogP contribution >= 0.6 is 0 Å². The lowest BCUT2D eigenvalue weighted by Crippen LogP contribution is -2.56. The lowest BCUT2D eigenvalue weighted by atomic mass is 9.71. The number of piperidine rings is 2. The predicted octanol–water partition coefficient (Wildman–Crippen LogP) is 4.58. The van der Waals surface area contributed by atoms with Crippen LogP contribution in [0, 0.1) is 10.8 Å². The highest BCUT2D eigenvalue weighted by Gasteiger charge is 2.64. The lowest BCUT2D eigenvalue weighted by Gasteiger charge is -2.46. The van der Waals surface area contributed by atoms with Gasteiger partial charge in [-0.3, -0.25) is 0 Å². The molecule has 2 saturated heterocycles. The van der Waals surface area contributed by atoms with Crippen LogP contribution in [0.3, 0.4) is 0 Å². The second kappa shape index (κ2) is 5.71. The monoisotopic (exact) mass is 334 g/mol. The van der Waals surface area contributed by atoms with Gasteiger partial charge >= 0.3 is 0 Å². The maximum absolute atomic E-state index is 2.68. The topological polar surface area (TPSA) is 0 Å². The van der Waals surface area contributed by atoms with Crippen molar-refractivity contribution in [3.8, 4) is 0 Å². The summed E-state index contributed by atoms with van der Waals surface area (Å²) in [7, 11) is 5.18. The summed E-state index contributed by atoms with van der Waals surface area (Å²) in [5.74, 6) is 0. The Hall–Kier alpha value is -0.0800. The van der Waals surface area contributed by atoms with Crippen molar-refractivity contribution in [1.82, 2.24) is 0 Å². The minimum absolute atomic E-state index is 0.611. The Labute approximate surface area is 150 Å². The van der Waals surface area contributed by atoms with Gasteiger partial charge in [0.05, 0.1) is 52.4 Å². The zero-order valence-electron chi connectivity index (χ0n) is 16.9. The number of fused-ring (bicyclic) bond motifs is 1. The van der Waals surface area contributed by atoms with Crippen LogP contribution in [0.15, 0.2) is 0 Å². The molecule has 0 aromatic heterocycles. The maximum atomic E-state index is 2.68. The van der Waals surface area contributed by atoms with Gasteiger partial charge in [-0.1, -0.05) is 13.8 Å². The molecular weight excluding hydrogens is 292 g/mol. The van der Waals surface area contributed by atoms with Crippen LogP contribution in [0.2, 0.25) is 0 Å². The van der Waals surface area contributed by atoms with Crippen molar-refractivity contribution in [2.75, 3.05) is 40.3 Å². The molecule has 4 aliphatic rings. The first-order chi connectivity index (χ1) is 11.3. The normalized spacial score (nSPS) is 47.5. The minimum Gasteiger partial charge on any atom is -0.324 e. The van der Waals surface area contributed by atoms with Gasteiger partial charge in [0.15, 0.2) is 0 Å². The van der Waals surface area contributed by atoms with Crippen molar-refractivity contribution in [2.45, 2.75) is 90.1 Å². The summed E-state index contributed by atoms with van der Waals surface area (Å²) in [5, 5.41) is 0. The lowest BCUT2D eigenvalue weighted by molar-refractivity contribution is -0.941. The van der Waals surface area contributed by atoms with Crippen molar-refractivity contribution in [3.63, 3.8) is 0 Å². The van der Waals surface area contributed by atoms with Gasteiger partial charge in [-0.25, -0.2) is 0 Å². The van der Waals surface area contributed by atoms with E-state index in [0.29, 0.717) is 10.8 Å². The summed E-state index contributed by atoms with van der Waals surface area (Å²) in [6.07, 6.45) is 14.9. The molecule has 2 heteroatoms. The first kappa shape index (κ1) is 17.3. The van der Waals surface area contributed by atoms with E-state index in [4.69, 9.17) is 0 Å². The van der Waals surface area contributed by atoms with E-state index in [1.54, 1.807) is 0 Å². The van der Waals surface area contributed by atoms with E-state index >= 15 is 0 Å². The molecule has 0 N–H and O–H groups in total. The van der Waals surface area contributed by atoms with E-state index in [1.165, 1.54) is 99.4 Å². The van der Waals surface area contributed by atoms with Crippen molar-refractivity contribution >= 4 is 0 Å². The van der Waals surface area contributed by atoms with E-state index in [9.17, 15) is 0 Å². The molecule has 0 amide bonds. The second-order valence-corrected chi connectivity index (χ2v) is 11.2. The van der Waals surface area contributed by atoms with Crippen LogP contribution in [0.25, 0.3) is 0 Å². The fraction of sp³-hybridized carbons (Fsp3) is 1.00. The Morgan fingerprint density at radius 3 is 1.12 bits per heavy atom. The molecule has 2 saturated carbocycles. The first-order valence-electron chi connectivity index (χ1n) is 11.0. The summed E-state index contributed by atoms with van der Waals surface area (Å²) >= 11 is 0. The van der Waals surface area contributed by atoms with Gasteiger partial charge in [0.2, 0.25) is 0 Å². The molecule has 24 heavy (non-hydrogen) atoms. The van der Waals surface area contributed by atoms with Gasteiger partial charge < -0.3 is 8.97 Å². The highest BCUT2D eigenvalue weighted by molar-refractivity contribution is 5.09. The average Bonchev–Trinajstić information content (AvgIpc) is 2.95. The molecule has 2 nitrogen and oxygen atoms in total. The molecule has 2 heterocycles. The van der Waals surface area contributed by atoms with Gasteiger partial charge in [-0.2, -0.15) is 0 Å². The molecule has 4 rings (SSSR count). The number of likely N-dealkylation sites (tertiary alicyclic amines) is 2. The fourth-order valence-electron chi connectivity index (χ4n) is 7.46. The number of hydrogen-bond acceptors (Lipinski definition) is 0. The Kier molecular flexibility index (Phi) is 4.12. The van der Waals surface area contributed by atoms with Gasteiger partial charge in [0.1, 0.15) is 0 Å². The third-order valence-corrected chi connectivity index (χ3v) is 9.64. The second-order valence-electron chi connectivity index (χ2n) is 11.2. The molecule has 0 spiro atoms. The van der Waals surface area contributed by atoms with Crippen molar-refractivity contribution in [1.29, 1.82) is 0 Å². The first-order valence-corrected chi connectivity index (χ1v) is 11.0. The standard InChI is InChI=1S/C22H42N2/c1-21-15-19(23(3)11-7-5-8-12-23)17-22(21,2)18-20(16-21)24(4)13-9-6-10-14-24/h19-20H,5-18H2,1-4H3/q+2. The highest BCUT2D eigenvalue weighted by Crippen LogP contribution is 2.65. The minimum atomic E-state index is 0.611. The third kappa shape index (κ3) is 2.58. The SMILES string of the molecule is CC12CC([N+]3(C)CCCCC3)CC1(C)CC([N+]1(C)CCCCC1)C2. The molecule has 0 bridgehead atoms. The van der Waals surface area contributed by atoms with Gasteiger partial charge in [0.25, 0.3) is 0 Å². The number of rotatable bonds is 2. The van der Waals surface area contributed by atoms with Crippen molar-refractivity contribution < 1.29 is 8.97 Å². The van der Waals surface area contributed by atoms with Gasteiger partial charge in [-0.05, 0) is 49.4 Å². The Morgan fingerprint density at radius 2 is 0.833 bits per heavy atom. The number of quaternary nitrogens is 2. The summed E-state index contributed by atoms with van der Waals surface area (Å²) in [5.41, 5.74) is 1.22. The number of nitrogens with zero attached hydrogens (tertiary/aromatic N) is 2. The van der Waals surface area contributed by atoms with E-state index in [-0.39, 0.29) is 0 Å². The fourth-order valence-corrected chi connectivity index (χ4v) is 7.46. The van der Waals surface area contributed by atoms with Gasteiger partial charge in [-0.15, -0.1) is 0 Å². The number of hydrogen-bond donors (Lipinski definition) is 0. The van der Waals surface area contributed by atoms with Gasteiger partial charge in [0, 0.05) is 25.7 Å². The molecule has 0 aromatic rings. The predicted molar refractivity (Wildman–Crippen MR) is 102 cm³/mol. The largest absolute Gasteiger partial charge is 0.324 e. The Balaban J connectivity index is 1.50. The van der Waals surface area contributed by atoms with Crippen LogP contribution < -0.4 is 0 Å². The Bertz CT molecular complexity index is 414. The molecule has 0 unspecified atom stereocenters. The molecule has 2 aliphatic heterocycles.